The van der Waals surface area contributed by atoms with E-state index in [1.807, 2.05) is 19.9 Å². The number of carbonyl (C=O) groups excluding carboxylic acids is 1. The van der Waals surface area contributed by atoms with E-state index in [1.165, 1.54) is 11.3 Å². The van der Waals surface area contributed by atoms with Crippen LogP contribution in [0.3, 0.4) is 0 Å². The number of hydrogen-bond acceptors (Lipinski definition) is 4. The van der Waals surface area contributed by atoms with Gasteiger partial charge in [-0.2, -0.15) is 5.10 Å². The summed E-state index contributed by atoms with van der Waals surface area (Å²) in [5.41, 5.74) is 7.34. The third-order valence-corrected chi connectivity index (χ3v) is 3.50. The van der Waals surface area contributed by atoms with Crippen molar-refractivity contribution in [1.29, 1.82) is 0 Å². The van der Waals surface area contributed by atoms with Gasteiger partial charge in [-0.25, -0.2) is 0 Å². The minimum absolute atomic E-state index is 0.177. The minimum atomic E-state index is -0.177. The molecule has 0 spiro atoms. The lowest BCUT2D eigenvalue weighted by Gasteiger charge is -1.97. The van der Waals surface area contributed by atoms with Crippen molar-refractivity contribution in [1.82, 2.24) is 10.2 Å². The Morgan fingerprint density at radius 1 is 1.59 bits per heavy atom. The predicted octanol–water partition coefficient (Wildman–Crippen LogP) is 2.18. The number of rotatable bonds is 3. The van der Waals surface area contributed by atoms with Gasteiger partial charge in [0.05, 0.1) is 4.88 Å². The molecule has 0 aromatic carbocycles. The second-order valence-corrected chi connectivity index (χ2v) is 4.96. The van der Waals surface area contributed by atoms with Crippen LogP contribution in [0.5, 0.6) is 0 Å². The summed E-state index contributed by atoms with van der Waals surface area (Å²) < 4.78 is 0. The van der Waals surface area contributed by atoms with E-state index in [4.69, 9.17) is 5.73 Å². The summed E-state index contributed by atoms with van der Waals surface area (Å²) in [5, 5.41) is 9.57. The number of amides is 1. The second-order valence-electron chi connectivity index (χ2n) is 3.71. The number of aromatic amines is 1. The first-order valence-corrected chi connectivity index (χ1v) is 6.13. The lowest BCUT2D eigenvalue weighted by atomic mass is 10.3. The first-order valence-electron chi connectivity index (χ1n) is 5.31. The Bertz CT molecular complexity index is 524. The average molecular weight is 250 g/mol. The molecule has 2 aromatic heterocycles. The van der Waals surface area contributed by atoms with Crippen molar-refractivity contribution in [3.63, 3.8) is 0 Å². The molecule has 0 atom stereocenters. The van der Waals surface area contributed by atoms with Crippen molar-refractivity contribution in [2.45, 2.75) is 20.3 Å². The molecule has 0 unspecified atom stereocenters. The van der Waals surface area contributed by atoms with E-state index in [0.717, 1.165) is 17.0 Å². The molecule has 0 saturated carbocycles. The highest BCUT2D eigenvalue weighted by Gasteiger charge is 2.12. The summed E-state index contributed by atoms with van der Waals surface area (Å²) >= 11 is 1.38. The van der Waals surface area contributed by atoms with Gasteiger partial charge in [0, 0.05) is 22.3 Å². The molecule has 2 aromatic rings. The summed E-state index contributed by atoms with van der Waals surface area (Å²) in [7, 11) is 0. The van der Waals surface area contributed by atoms with E-state index < -0.39 is 0 Å². The van der Waals surface area contributed by atoms with Crippen LogP contribution in [0.25, 0.3) is 0 Å². The maximum absolute atomic E-state index is 11.9. The van der Waals surface area contributed by atoms with Crippen LogP contribution in [0.1, 0.15) is 27.2 Å². The topological polar surface area (TPSA) is 83.8 Å². The zero-order valence-corrected chi connectivity index (χ0v) is 10.5. The molecule has 1 amide bonds. The highest BCUT2D eigenvalue weighted by atomic mass is 32.1. The van der Waals surface area contributed by atoms with E-state index in [2.05, 4.69) is 15.5 Å². The van der Waals surface area contributed by atoms with Gasteiger partial charge in [0.1, 0.15) is 0 Å². The van der Waals surface area contributed by atoms with Crippen molar-refractivity contribution >= 4 is 28.7 Å². The highest BCUT2D eigenvalue weighted by Crippen LogP contribution is 2.24. The van der Waals surface area contributed by atoms with Crippen molar-refractivity contribution in [2.75, 3.05) is 11.1 Å². The summed E-state index contributed by atoms with van der Waals surface area (Å²) in [5.74, 6) is 0.362. The fourth-order valence-electron chi connectivity index (χ4n) is 1.39. The van der Waals surface area contributed by atoms with Crippen LogP contribution >= 0.6 is 11.3 Å². The molecular formula is C11H14N4OS. The minimum Gasteiger partial charge on any atom is -0.398 e. The molecule has 0 radical (unpaired) electrons. The van der Waals surface area contributed by atoms with E-state index in [-0.39, 0.29) is 5.91 Å². The Hall–Kier alpha value is -1.82. The molecule has 2 rings (SSSR count). The van der Waals surface area contributed by atoms with Crippen LogP contribution in [0, 0.1) is 6.92 Å². The van der Waals surface area contributed by atoms with Gasteiger partial charge in [0.25, 0.3) is 5.91 Å². The third-order valence-electron chi connectivity index (χ3n) is 2.43. The van der Waals surface area contributed by atoms with E-state index in [9.17, 15) is 4.79 Å². The molecule has 6 heteroatoms. The Kier molecular flexibility index (Phi) is 3.14. The molecule has 5 nitrogen and oxygen atoms in total. The molecule has 17 heavy (non-hydrogen) atoms. The van der Waals surface area contributed by atoms with Gasteiger partial charge in [0.15, 0.2) is 5.82 Å². The van der Waals surface area contributed by atoms with Crippen molar-refractivity contribution in [2.24, 2.45) is 0 Å². The lowest BCUT2D eigenvalue weighted by Crippen LogP contribution is -2.10. The van der Waals surface area contributed by atoms with Gasteiger partial charge >= 0.3 is 0 Å². The van der Waals surface area contributed by atoms with Gasteiger partial charge in [-0.3, -0.25) is 9.89 Å². The summed E-state index contributed by atoms with van der Waals surface area (Å²) in [6.45, 7) is 3.91. The summed E-state index contributed by atoms with van der Waals surface area (Å²) in [6.07, 6.45) is 0.855. The number of aryl methyl sites for hydroxylation is 2. The van der Waals surface area contributed by atoms with Crippen molar-refractivity contribution in [3.8, 4) is 0 Å². The van der Waals surface area contributed by atoms with Crippen LogP contribution in [0.15, 0.2) is 12.1 Å². The Morgan fingerprint density at radius 2 is 2.35 bits per heavy atom. The summed E-state index contributed by atoms with van der Waals surface area (Å²) in [6, 6.07) is 3.50. The molecule has 0 fully saturated rings. The van der Waals surface area contributed by atoms with Gasteiger partial charge in [-0.05, 0) is 19.4 Å². The van der Waals surface area contributed by atoms with Crippen molar-refractivity contribution in [3.05, 3.63) is 27.6 Å². The monoisotopic (exact) mass is 250 g/mol. The molecule has 0 aliphatic heterocycles. The molecule has 0 bridgehead atoms. The van der Waals surface area contributed by atoms with E-state index in [0.29, 0.717) is 16.4 Å². The normalized spacial score (nSPS) is 10.5. The van der Waals surface area contributed by atoms with Crippen molar-refractivity contribution < 1.29 is 4.79 Å². The number of thiophene rings is 1. The van der Waals surface area contributed by atoms with Gasteiger partial charge in [-0.15, -0.1) is 11.3 Å². The number of carbonyl (C=O) groups is 1. The van der Waals surface area contributed by atoms with Gasteiger partial charge in [-0.1, -0.05) is 6.92 Å². The number of H-pyrrole nitrogens is 1. The summed E-state index contributed by atoms with van der Waals surface area (Å²) in [4.78, 5) is 13.4. The molecule has 2 heterocycles. The SMILES string of the molecule is CCc1cc(NC(=O)c2cc(N)c(C)s2)n[nH]1. The third kappa shape index (κ3) is 2.47. The van der Waals surface area contributed by atoms with Gasteiger partial charge in [0.2, 0.25) is 0 Å². The number of nitrogens with zero attached hydrogens (tertiary/aromatic N) is 1. The zero-order valence-electron chi connectivity index (χ0n) is 9.70. The quantitative estimate of drug-likeness (QED) is 0.780. The van der Waals surface area contributed by atoms with Crippen LogP contribution in [-0.4, -0.2) is 16.1 Å². The molecule has 90 valence electrons. The Labute approximate surface area is 103 Å². The average Bonchev–Trinajstić information content (AvgIpc) is 2.87. The fraction of sp³-hybridized carbons (Fsp3) is 0.273. The second kappa shape index (κ2) is 4.58. The maximum atomic E-state index is 11.9. The van der Waals surface area contributed by atoms with Crippen LogP contribution in [0.2, 0.25) is 0 Å². The number of nitrogen functional groups attached to an aromatic ring is 1. The smallest absolute Gasteiger partial charge is 0.267 e. The Morgan fingerprint density at radius 3 is 2.88 bits per heavy atom. The lowest BCUT2D eigenvalue weighted by molar-refractivity contribution is 0.103. The van der Waals surface area contributed by atoms with Crippen LogP contribution in [-0.2, 0) is 6.42 Å². The predicted molar refractivity (Wildman–Crippen MR) is 69.4 cm³/mol. The van der Waals surface area contributed by atoms with E-state index >= 15 is 0 Å². The highest BCUT2D eigenvalue weighted by molar-refractivity contribution is 7.14. The first kappa shape index (κ1) is 11.7. The molecule has 4 N–H and O–H groups in total. The fourth-order valence-corrected chi connectivity index (χ4v) is 2.23. The molecule has 0 saturated heterocycles. The first-order chi connectivity index (χ1) is 8.10. The molecular weight excluding hydrogens is 236 g/mol. The zero-order chi connectivity index (χ0) is 12.4. The standard InChI is InChI=1S/C11H14N4OS/c1-3-7-4-10(15-14-7)13-11(16)9-5-8(12)6(2)17-9/h4-5H,3,12H2,1-2H3,(H2,13,14,15,16). The number of aromatic nitrogens is 2. The number of nitrogens with one attached hydrogen (secondary N) is 2. The van der Waals surface area contributed by atoms with Gasteiger partial charge < -0.3 is 11.1 Å². The number of hydrogen-bond donors (Lipinski definition) is 3. The molecule has 0 aliphatic carbocycles. The maximum Gasteiger partial charge on any atom is 0.267 e. The van der Waals surface area contributed by atoms with Crippen LogP contribution < -0.4 is 11.1 Å². The number of nitrogens with two attached hydrogens (primary N) is 1. The molecule has 0 aliphatic rings. The van der Waals surface area contributed by atoms with E-state index in [1.54, 1.807) is 6.07 Å². The largest absolute Gasteiger partial charge is 0.398 e. The Balaban J connectivity index is 2.11. The number of anilines is 2. The van der Waals surface area contributed by atoms with Crippen LogP contribution in [0.4, 0.5) is 11.5 Å².